The summed E-state index contributed by atoms with van der Waals surface area (Å²) < 4.78 is 10.9. The molecule has 1 rings (SSSR count). The molecule has 108 valence electrons. The van der Waals surface area contributed by atoms with Crippen LogP contribution >= 0.6 is 0 Å². The second kappa shape index (κ2) is 8.15. The van der Waals surface area contributed by atoms with Crippen LogP contribution in [0.15, 0.2) is 24.3 Å². The molecule has 4 nitrogen and oxygen atoms in total. The largest absolute Gasteiger partial charge is 0.493 e. The van der Waals surface area contributed by atoms with Crippen LogP contribution < -0.4 is 10.5 Å². The summed E-state index contributed by atoms with van der Waals surface area (Å²) in [6, 6.07) is 7.58. The van der Waals surface area contributed by atoms with Crippen LogP contribution in [0.4, 0.5) is 0 Å². The van der Waals surface area contributed by atoms with Gasteiger partial charge in [-0.25, -0.2) is 0 Å². The monoisotopic (exact) mass is 267 g/mol. The van der Waals surface area contributed by atoms with E-state index in [1.165, 1.54) is 0 Å². The molecule has 1 aromatic rings. The standard InChI is InChI=1S/C15H25NO3/c1-3-11-19-14-8-5-4-7-13(14)15(17,12-18-2)9-6-10-16/h4-5,7-8,17H,3,6,9-12,16H2,1-2H3. The fourth-order valence-corrected chi connectivity index (χ4v) is 2.11. The molecular formula is C15H25NO3. The number of hydrogen-bond donors (Lipinski definition) is 2. The summed E-state index contributed by atoms with van der Waals surface area (Å²) >= 11 is 0. The molecule has 0 aliphatic heterocycles. The predicted molar refractivity (Wildman–Crippen MR) is 76.3 cm³/mol. The smallest absolute Gasteiger partial charge is 0.125 e. The van der Waals surface area contributed by atoms with E-state index in [4.69, 9.17) is 15.2 Å². The van der Waals surface area contributed by atoms with Gasteiger partial charge in [-0.15, -0.1) is 0 Å². The molecule has 0 amide bonds. The van der Waals surface area contributed by atoms with E-state index >= 15 is 0 Å². The molecular weight excluding hydrogens is 242 g/mol. The minimum absolute atomic E-state index is 0.236. The van der Waals surface area contributed by atoms with Crippen molar-refractivity contribution in [1.82, 2.24) is 0 Å². The van der Waals surface area contributed by atoms with Gasteiger partial charge < -0.3 is 20.3 Å². The number of hydrogen-bond acceptors (Lipinski definition) is 4. The fraction of sp³-hybridized carbons (Fsp3) is 0.600. The Morgan fingerprint density at radius 3 is 2.68 bits per heavy atom. The summed E-state index contributed by atoms with van der Waals surface area (Å²) in [4.78, 5) is 0. The number of nitrogens with two attached hydrogens (primary N) is 1. The van der Waals surface area contributed by atoms with Crippen molar-refractivity contribution < 1.29 is 14.6 Å². The summed E-state index contributed by atoms with van der Waals surface area (Å²) in [5, 5.41) is 10.8. The topological polar surface area (TPSA) is 64.7 Å². The highest BCUT2D eigenvalue weighted by molar-refractivity contribution is 5.38. The van der Waals surface area contributed by atoms with Crippen LogP contribution in [0.2, 0.25) is 0 Å². The van der Waals surface area contributed by atoms with Crippen LogP contribution in [-0.4, -0.2) is 32.0 Å². The molecule has 0 fully saturated rings. The highest BCUT2D eigenvalue weighted by atomic mass is 16.5. The van der Waals surface area contributed by atoms with E-state index in [0.717, 1.165) is 24.2 Å². The van der Waals surface area contributed by atoms with Gasteiger partial charge in [0.2, 0.25) is 0 Å². The maximum absolute atomic E-state index is 10.8. The molecule has 3 N–H and O–H groups in total. The van der Waals surface area contributed by atoms with Crippen molar-refractivity contribution in [2.24, 2.45) is 5.73 Å². The van der Waals surface area contributed by atoms with Crippen molar-refractivity contribution in [2.75, 3.05) is 26.9 Å². The number of methoxy groups -OCH3 is 1. The molecule has 19 heavy (non-hydrogen) atoms. The van der Waals surface area contributed by atoms with Gasteiger partial charge in [-0.3, -0.25) is 0 Å². The summed E-state index contributed by atoms with van der Waals surface area (Å²) in [7, 11) is 1.59. The average Bonchev–Trinajstić information content (AvgIpc) is 2.43. The molecule has 1 unspecified atom stereocenters. The lowest BCUT2D eigenvalue weighted by molar-refractivity contribution is -0.0446. The minimum Gasteiger partial charge on any atom is -0.493 e. The zero-order valence-corrected chi connectivity index (χ0v) is 11.9. The minimum atomic E-state index is -1.04. The van der Waals surface area contributed by atoms with Crippen LogP contribution in [0.25, 0.3) is 0 Å². The molecule has 0 aliphatic rings. The molecule has 0 bridgehead atoms. The van der Waals surface area contributed by atoms with Crippen molar-refractivity contribution in [2.45, 2.75) is 31.8 Å². The lowest BCUT2D eigenvalue weighted by Crippen LogP contribution is -2.32. The third kappa shape index (κ3) is 4.49. The van der Waals surface area contributed by atoms with Gasteiger partial charge in [0.15, 0.2) is 0 Å². The van der Waals surface area contributed by atoms with Crippen molar-refractivity contribution in [1.29, 1.82) is 0 Å². The van der Waals surface area contributed by atoms with Gasteiger partial charge in [-0.2, -0.15) is 0 Å². The van der Waals surface area contributed by atoms with Crippen LogP contribution in [0, 0.1) is 0 Å². The summed E-state index contributed by atoms with van der Waals surface area (Å²) in [5.41, 5.74) is 5.28. The third-order valence-corrected chi connectivity index (χ3v) is 3.03. The number of para-hydroxylation sites is 1. The van der Waals surface area contributed by atoms with Crippen molar-refractivity contribution >= 4 is 0 Å². The first-order valence-corrected chi connectivity index (χ1v) is 6.81. The molecule has 0 aliphatic carbocycles. The third-order valence-electron chi connectivity index (χ3n) is 3.03. The van der Waals surface area contributed by atoms with Crippen molar-refractivity contribution in [3.63, 3.8) is 0 Å². The summed E-state index contributed by atoms with van der Waals surface area (Å²) in [5.74, 6) is 0.723. The Hall–Kier alpha value is -1.10. The molecule has 0 aromatic heterocycles. The van der Waals surface area contributed by atoms with Gasteiger partial charge in [0, 0.05) is 12.7 Å². The zero-order valence-electron chi connectivity index (χ0n) is 11.9. The van der Waals surface area contributed by atoms with E-state index in [2.05, 4.69) is 6.92 Å². The molecule has 0 spiro atoms. The first-order chi connectivity index (χ1) is 9.18. The number of rotatable bonds is 9. The van der Waals surface area contributed by atoms with Gasteiger partial charge >= 0.3 is 0 Å². The van der Waals surface area contributed by atoms with Crippen molar-refractivity contribution in [3.8, 4) is 5.75 Å². The quantitative estimate of drug-likeness (QED) is 0.718. The molecule has 0 saturated heterocycles. The Labute approximate surface area is 115 Å². The lowest BCUT2D eigenvalue weighted by Gasteiger charge is -2.29. The van der Waals surface area contributed by atoms with E-state index in [-0.39, 0.29) is 6.61 Å². The predicted octanol–water partition coefficient (Wildman–Crippen LogP) is 2.05. The Balaban J connectivity index is 2.99. The van der Waals surface area contributed by atoms with Gasteiger partial charge in [0.1, 0.15) is 11.4 Å². The van der Waals surface area contributed by atoms with Gasteiger partial charge in [0.05, 0.1) is 13.2 Å². The first-order valence-electron chi connectivity index (χ1n) is 6.81. The SMILES string of the molecule is CCCOc1ccccc1C(O)(CCCN)COC. The Bertz CT molecular complexity index is 370. The lowest BCUT2D eigenvalue weighted by atomic mass is 9.89. The molecule has 0 radical (unpaired) electrons. The van der Waals surface area contributed by atoms with Crippen LogP contribution in [0.5, 0.6) is 5.75 Å². The Kier molecular flexibility index (Phi) is 6.84. The van der Waals surface area contributed by atoms with E-state index in [0.29, 0.717) is 19.6 Å². The normalized spacial score (nSPS) is 14.1. The van der Waals surface area contributed by atoms with E-state index < -0.39 is 5.60 Å². The maximum Gasteiger partial charge on any atom is 0.125 e. The second-order valence-corrected chi connectivity index (χ2v) is 4.70. The van der Waals surface area contributed by atoms with Gasteiger partial charge in [-0.05, 0) is 31.9 Å². The second-order valence-electron chi connectivity index (χ2n) is 4.70. The maximum atomic E-state index is 10.8. The van der Waals surface area contributed by atoms with E-state index in [1.807, 2.05) is 24.3 Å². The highest BCUT2D eigenvalue weighted by Gasteiger charge is 2.31. The van der Waals surface area contributed by atoms with Gasteiger partial charge in [-0.1, -0.05) is 25.1 Å². The molecule has 1 aromatic carbocycles. The number of ether oxygens (including phenoxy) is 2. The van der Waals surface area contributed by atoms with Crippen molar-refractivity contribution in [3.05, 3.63) is 29.8 Å². The first kappa shape index (κ1) is 16.0. The zero-order chi connectivity index (χ0) is 14.1. The van der Waals surface area contributed by atoms with Crippen LogP contribution in [-0.2, 0) is 10.3 Å². The average molecular weight is 267 g/mol. The van der Waals surface area contributed by atoms with E-state index in [9.17, 15) is 5.11 Å². The fourth-order valence-electron chi connectivity index (χ4n) is 2.11. The van der Waals surface area contributed by atoms with Gasteiger partial charge in [0.25, 0.3) is 0 Å². The Morgan fingerprint density at radius 2 is 2.05 bits per heavy atom. The summed E-state index contributed by atoms with van der Waals surface area (Å²) in [6.07, 6.45) is 2.23. The Morgan fingerprint density at radius 1 is 1.32 bits per heavy atom. The van der Waals surface area contributed by atoms with Crippen LogP contribution in [0.3, 0.4) is 0 Å². The van der Waals surface area contributed by atoms with E-state index in [1.54, 1.807) is 7.11 Å². The highest BCUT2D eigenvalue weighted by Crippen LogP contribution is 2.34. The molecule has 1 atom stereocenters. The number of aliphatic hydroxyl groups is 1. The number of benzene rings is 1. The molecule has 0 saturated carbocycles. The summed E-state index contributed by atoms with van der Waals surface area (Å²) in [6.45, 7) is 3.47. The molecule has 0 heterocycles. The van der Waals surface area contributed by atoms with Crippen LogP contribution in [0.1, 0.15) is 31.7 Å². The molecule has 4 heteroatoms.